The monoisotopic (exact) mass is 480 g/mol. The van der Waals surface area contributed by atoms with Crippen LogP contribution in [0.15, 0.2) is 42.6 Å². The second-order valence-electron chi connectivity index (χ2n) is 8.21. The number of hydrogen-bond donors (Lipinski definition) is 2. The first-order chi connectivity index (χ1) is 16.8. The Bertz CT molecular complexity index is 1390. The van der Waals surface area contributed by atoms with Crippen LogP contribution < -0.4 is 10.6 Å². The van der Waals surface area contributed by atoms with Crippen LogP contribution in [0.5, 0.6) is 0 Å². The highest BCUT2D eigenvalue weighted by Crippen LogP contribution is 2.32. The fraction of sp³-hybridized carbons (Fsp3) is 0.217. The van der Waals surface area contributed by atoms with Crippen LogP contribution in [-0.4, -0.2) is 49.6 Å². The molecule has 2 aromatic carbocycles. The number of piperidine rings is 1. The molecule has 2 aliphatic heterocycles. The number of fused-ring (bicyclic) bond motifs is 1. The minimum atomic E-state index is -0.770. The zero-order valence-electron chi connectivity index (χ0n) is 18.1. The Morgan fingerprint density at radius 3 is 2.77 bits per heavy atom. The smallest absolute Gasteiger partial charge is 0.255 e. The molecule has 2 N–H and O–H groups in total. The molecular formula is C23H18F2N6O4. The van der Waals surface area contributed by atoms with Gasteiger partial charge in [0.1, 0.15) is 29.9 Å². The summed E-state index contributed by atoms with van der Waals surface area (Å²) < 4.78 is 28.6. The van der Waals surface area contributed by atoms with Gasteiger partial charge < -0.3 is 10.2 Å². The number of anilines is 1. The van der Waals surface area contributed by atoms with Crippen LogP contribution in [0.1, 0.15) is 28.8 Å². The van der Waals surface area contributed by atoms with Crippen LogP contribution in [0.3, 0.4) is 0 Å². The molecule has 3 aromatic rings. The molecule has 178 valence electrons. The third-order valence-electron chi connectivity index (χ3n) is 5.90. The molecule has 35 heavy (non-hydrogen) atoms. The number of nitrogens with one attached hydrogen (secondary N) is 2. The normalized spacial score (nSPS) is 17.4. The van der Waals surface area contributed by atoms with Gasteiger partial charge in [-0.05, 0) is 36.8 Å². The predicted octanol–water partition coefficient (Wildman–Crippen LogP) is 1.62. The van der Waals surface area contributed by atoms with E-state index < -0.39 is 29.5 Å². The summed E-state index contributed by atoms with van der Waals surface area (Å²) in [6.07, 6.45) is 1.69. The molecule has 1 atom stereocenters. The lowest BCUT2D eigenvalue weighted by Crippen LogP contribution is -2.52. The molecule has 0 radical (unpaired) electrons. The van der Waals surface area contributed by atoms with Crippen LogP contribution >= 0.6 is 0 Å². The van der Waals surface area contributed by atoms with Crippen molar-refractivity contribution in [3.8, 4) is 11.3 Å². The summed E-state index contributed by atoms with van der Waals surface area (Å²) >= 11 is 0. The Morgan fingerprint density at radius 1 is 1.14 bits per heavy atom. The highest BCUT2D eigenvalue weighted by molar-refractivity contribution is 6.06. The maximum absolute atomic E-state index is 14.0. The lowest BCUT2D eigenvalue weighted by Gasteiger charge is -2.29. The summed E-state index contributed by atoms with van der Waals surface area (Å²) in [4.78, 5) is 50.7. The molecule has 10 nitrogen and oxygen atoms in total. The Kier molecular flexibility index (Phi) is 5.55. The van der Waals surface area contributed by atoms with Crippen molar-refractivity contribution in [2.45, 2.75) is 32.0 Å². The topological polar surface area (TPSA) is 126 Å². The van der Waals surface area contributed by atoms with Gasteiger partial charge in [-0.2, -0.15) is 0 Å². The maximum atomic E-state index is 14.0. The number of carbonyl (C=O) groups excluding carboxylic acids is 4. The van der Waals surface area contributed by atoms with Gasteiger partial charge in [0, 0.05) is 35.3 Å². The van der Waals surface area contributed by atoms with E-state index in [1.807, 2.05) is 0 Å². The van der Waals surface area contributed by atoms with Crippen molar-refractivity contribution in [2.75, 3.05) is 5.32 Å². The van der Waals surface area contributed by atoms with Gasteiger partial charge in [-0.3, -0.25) is 24.5 Å². The SMILES string of the molecule is O=C1CCC(N2Cc3c(NC(=O)Cn4cc(-c5cc(F)ccc5F)nn4)cccc3C2=O)C(=O)N1. The molecule has 3 heterocycles. The van der Waals surface area contributed by atoms with E-state index in [9.17, 15) is 28.0 Å². The van der Waals surface area contributed by atoms with Crippen LogP contribution in [-0.2, 0) is 27.5 Å². The molecule has 0 aliphatic carbocycles. The van der Waals surface area contributed by atoms with Crippen LogP contribution in [0.4, 0.5) is 14.5 Å². The van der Waals surface area contributed by atoms with E-state index >= 15 is 0 Å². The average molecular weight is 480 g/mol. The molecule has 2 aliphatic rings. The summed E-state index contributed by atoms with van der Waals surface area (Å²) in [7, 11) is 0. The molecule has 1 aromatic heterocycles. The fourth-order valence-corrected chi connectivity index (χ4v) is 4.23. The molecule has 1 saturated heterocycles. The molecule has 5 rings (SSSR count). The zero-order valence-corrected chi connectivity index (χ0v) is 18.1. The van der Waals surface area contributed by atoms with Crippen molar-refractivity contribution in [1.82, 2.24) is 25.2 Å². The van der Waals surface area contributed by atoms with Gasteiger partial charge in [0.15, 0.2) is 0 Å². The molecular weight excluding hydrogens is 462 g/mol. The molecule has 0 bridgehead atoms. The Morgan fingerprint density at radius 2 is 1.97 bits per heavy atom. The molecule has 0 saturated carbocycles. The van der Waals surface area contributed by atoms with E-state index in [0.717, 1.165) is 18.2 Å². The minimum absolute atomic E-state index is 0.0703. The summed E-state index contributed by atoms with van der Waals surface area (Å²) in [6, 6.07) is 7.03. The van der Waals surface area contributed by atoms with Crippen molar-refractivity contribution < 1.29 is 28.0 Å². The quantitative estimate of drug-likeness (QED) is 0.535. The van der Waals surface area contributed by atoms with E-state index in [4.69, 9.17) is 0 Å². The molecule has 1 fully saturated rings. The number of nitrogens with zero attached hydrogens (tertiary/aromatic N) is 4. The number of halogens is 2. The first-order valence-electron chi connectivity index (χ1n) is 10.7. The number of imide groups is 1. The first kappa shape index (κ1) is 22.3. The molecule has 0 spiro atoms. The van der Waals surface area contributed by atoms with E-state index in [1.165, 1.54) is 15.8 Å². The maximum Gasteiger partial charge on any atom is 0.255 e. The molecule has 1 unspecified atom stereocenters. The Balaban J connectivity index is 1.30. The number of amides is 4. The van der Waals surface area contributed by atoms with Gasteiger partial charge in [-0.25, -0.2) is 13.5 Å². The van der Waals surface area contributed by atoms with Crippen molar-refractivity contribution >= 4 is 29.3 Å². The number of hydrogen-bond acceptors (Lipinski definition) is 6. The number of aromatic nitrogens is 3. The third-order valence-corrected chi connectivity index (χ3v) is 5.90. The summed E-state index contributed by atoms with van der Waals surface area (Å²) in [6.45, 7) is -0.165. The van der Waals surface area contributed by atoms with Gasteiger partial charge in [-0.1, -0.05) is 11.3 Å². The van der Waals surface area contributed by atoms with Gasteiger partial charge in [0.05, 0.1) is 6.20 Å². The van der Waals surface area contributed by atoms with E-state index in [0.29, 0.717) is 16.8 Å². The third kappa shape index (κ3) is 4.25. The second kappa shape index (κ2) is 8.70. The van der Waals surface area contributed by atoms with Crippen LogP contribution in [0, 0.1) is 11.6 Å². The van der Waals surface area contributed by atoms with Crippen molar-refractivity contribution in [3.05, 3.63) is 65.4 Å². The van der Waals surface area contributed by atoms with E-state index in [2.05, 4.69) is 20.9 Å². The van der Waals surface area contributed by atoms with Crippen molar-refractivity contribution in [3.63, 3.8) is 0 Å². The van der Waals surface area contributed by atoms with Crippen LogP contribution in [0.2, 0.25) is 0 Å². The van der Waals surface area contributed by atoms with Gasteiger partial charge >= 0.3 is 0 Å². The van der Waals surface area contributed by atoms with Crippen molar-refractivity contribution in [2.24, 2.45) is 0 Å². The predicted molar refractivity (Wildman–Crippen MR) is 116 cm³/mol. The summed E-state index contributed by atoms with van der Waals surface area (Å²) in [5, 5.41) is 12.6. The van der Waals surface area contributed by atoms with Crippen LogP contribution in [0.25, 0.3) is 11.3 Å². The summed E-state index contributed by atoms with van der Waals surface area (Å²) in [5.41, 5.74) is 1.30. The Hall–Kier alpha value is -4.48. The summed E-state index contributed by atoms with van der Waals surface area (Å²) in [5.74, 6) is -3.05. The number of rotatable bonds is 5. The highest BCUT2D eigenvalue weighted by Gasteiger charge is 2.39. The number of benzene rings is 2. The second-order valence-corrected chi connectivity index (χ2v) is 8.21. The lowest BCUT2D eigenvalue weighted by atomic mass is 10.0. The minimum Gasteiger partial charge on any atom is -0.324 e. The van der Waals surface area contributed by atoms with Gasteiger partial charge in [0.2, 0.25) is 17.7 Å². The zero-order chi connectivity index (χ0) is 24.7. The average Bonchev–Trinajstić information content (AvgIpc) is 3.41. The largest absolute Gasteiger partial charge is 0.324 e. The molecule has 12 heteroatoms. The van der Waals surface area contributed by atoms with Crippen molar-refractivity contribution in [1.29, 1.82) is 0 Å². The standard InChI is InChI=1S/C23H18F2N6O4/c24-12-4-5-16(25)14(8-12)18-10-30(29-28-18)11-21(33)26-17-3-1-2-13-15(17)9-31(23(13)35)19-6-7-20(32)27-22(19)34/h1-5,8,10,19H,6-7,9,11H2,(H,26,33)(H,27,32,34). The first-order valence-corrected chi connectivity index (χ1v) is 10.7. The van der Waals surface area contributed by atoms with E-state index in [1.54, 1.807) is 18.2 Å². The van der Waals surface area contributed by atoms with Gasteiger partial charge in [0.25, 0.3) is 5.91 Å². The molecule has 4 amide bonds. The number of carbonyl (C=O) groups is 4. The van der Waals surface area contributed by atoms with Gasteiger partial charge in [-0.15, -0.1) is 5.10 Å². The fourth-order valence-electron chi connectivity index (χ4n) is 4.23. The lowest BCUT2D eigenvalue weighted by molar-refractivity contribution is -0.137. The Labute approximate surface area is 196 Å². The van der Waals surface area contributed by atoms with E-state index in [-0.39, 0.29) is 49.0 Å². The highest BCUT2D eigenvalue weighted by atomic mass is 19.1.